The number of piperazine rings is 1. The largest absolute Gasteiger partial charge is 0.439 e. The second-order valence-electron chi connectivity index (χ2n) is 12.4. The summed E-state index contributed by atoms with van der Waals surface area (Å²) >= 11 is 12.0. The average molecular weight is 752 g/mol. The number of benzene rings is 3. The number of rotatable bonds is 9. The van der Waals surface area contributed by atoms with Crippen molar-refractivity contribution in [3.05, 3.63) is 117 Å². The van der Waals surface area contributed by atoms with Crippen molar-refractivity contribution in [2.75, 3.05) is 31.5 Å². The Labute approximate surface area is 301 Å². The Morgan fingerprint density at radius 3 is 2.27 bits per heavy atom. The van der Waals surface area contributed by atoms with E-state index < -0.39 is 0 Å². The highest BCUT2D eigenvalue weighted by Crippen LogP contribution is 2.28. The maximum Gasteiger partial charge on any atom is 0.270 e. The Morgan fingerprint density at radius 1 is 0.875 bits per heavy atom. The van der Waals surface area contributed by atoms with Crippen LogP contribution in [0.15, 0.2) is 85.1 Å². The Kier molecular flexibility index (Phi) is 11.5. The molecule has 250 valence electrons. The van der Waals surface area contributed by atoms with E-state index in [0.717, 1.165) is 37.0 Å². The number of hydrogen-bond donors (Lipinski definition) is 1. The molecule has 2 aromatic heterocycles. The molecule has 1 aliphatic rings. The molecule has 6 rings (SSSR count). The molecular formula is C37H38BrCl2N5O3. The number of fused-ring (bicyclic) bond motifs is 1. The summed E-state index contributed by atoms with van der Waals surface area (Å²) in [5.41, 5.74) is 5.10. The van der Waals surface area contributed by atoms with E-state index in [1.807, 2.05) is 40.8 Å². The van der Waals surface area contributed by atoms with Gasteiger partial charge in [-0.2, -0.15) is 0 Å². The van der Waals surface area contributed by atoms with Crippen molar-refractivity contribution in [2.24, 2.45) is 13.0 Å². The fourth-order valence-electron chi connectivity index (χ4n) is 5.84. The lowest BCUT2D eigenvalue weighted by Gasteiger charge is -2.34. The van der Waals surface area contributed by atoms with Crippen LogP contribution >= 0.6 is 40.2 Å². The first-order chi connectivity index (χ1) is 22.6. The lowest BCUT2D eigenvalue weighted by Crippen LogP contribution is -2.48. The molecule has 3 heterocycles. The third-order valence-electron chi connectivity index (χ3n) is 8.37. The predicted octanol–water partition coefficient (Wildman–Crippen LogP) is 8.66. The van der Waals surface area contributed by atoms with Gasteiger partial charge in [-0.05, 0) is 65.9 Å². The summed E-state index contributed by atoms with van der Waals surface area (Å²) in [6.45, 7) is 8.44. The van der Waals surface area contributed by atoms with Crippen LogP contribution in [-0.2, 0) is 20.0 Å². The average Bonchev–Trinajstić information content (AvgIpc) is 3.39. The molecule has 3 aromatic carbocycles. The van der Waals surface area contributed by atoms with Crippen molar-refractivity contribution in [3.63, 3.8) is 0 Å². The molecule has 0 spiro atoms. The Bertz CT molecular complexity index is 1900. The number of nitrogens with one attached hydrogen (secondary N) is 1. The highest BCUT2D eigenvalue weighted by molar-refractivity contribution is 8.93. The van der Waals surface area contributed by atoms with Gasteiger partial charge in [0.1, 0.15) is 11.4 Å². The molecule has 1 fully saturated rings. The molecule has 0 bridgehead atoms. The molecule has 8 nitrogen and oxygen atoms in total. The van der Waals surface area contributed by atoms with Gasteiger partial charge in [0.05, 0.1) is 27.4 Å². The number of anilines is 1. The number of pyridine rings is 1. The molecule has 0 unspecified atom stereocenters. The number of ether oxygens (including phenoxy) is 1. The van der Waals surface area contributed by atoms with Crippen LogP contribution in [-0.4, -0.2) is 57.3 Å². The zero-order valence-corrected chi connectivity index (χ0v) is 30.3. The third-order valence-corrected chi connectivity index (χ3v) is 9.11. The van der Waals surface area contributed by atoms with E-state index in [-0.39, 0.29) is 28.8 Å². The second-order valence-corrected chi connectivity index (χ2v) is 13.2. The molecule has 2 amide bonds. The minimum absolute atomic E-state index is 0. The van der Waals surface area contributed by atoms with Crippen molar-refractivity contribution in [3.8, 4) is 11.6 Å². The summed E-state index contributed by atoms with van der Waals surface area (Å²) in [5, 5.41) is 4.43. The van der Waals surface area contributed by atoms with Crippen LogP contribution in [0.2, 0.25) is 10.0 Å². The van der Waals surface area contributed by atoms with Gasteiger partial charge in [-0.15, -0.1) is 17.0 Å². The van der Waals surface area contributed by atoms with E-state index in [4.69, 9.17) is 27.9 Å². The third kappa shape index (κ3) is 8.39. The topological polar surface area (TPSA) is 79.7 Å². The summed E-state index contributed by atoms with van der Waals surface area (Å²) < 4.78 is 7.94. The highest BCUT2D eigenvalue weighted by atomic mass is 79.9. The molecule has 11 heteroatoms. The van der Waals surface area contributed by atoms with Crippen molar-refractivity contribution < 1.29 is 14.3 Å². The molecular weight excluding hydrogens is 713 g/mol. The molecule has 0 radical (unpaired) electrons. The summed E-state index contributed by atoms with van der Waals surface area (Å²) in [6.07, 6.45) is 2.62. The highest BCUT2D eigenvalue weighted by Gasteiger charge is 2.25. The van der Waals surface area contributed by atoms with Gasteiger partial charge in [-0.3, -0.25) is 14.5 Å². The molecule has 1 aliphatic heterocycles. The van der Waals surface area contributed by atoms with Gasteiger partial charge < -0.3 is 19.5 Å². The van der Waals surface area contributed by atoms with Crippen LogP contribution in [0.25, 0.3) is 10.9 Å². The van der Waals surface area contributed by atoms with Crippen LogP contribution in [0.5, 0.6) is 11.6 Å². The fourth-order valence-corrected chi connectivity index (χ4v) is 6.13. The lowest BCUT2D eigenvalue weighted by molar-refractivity contribution is 0.0619. The first-order valence-electron chi connectivity index (χ1n) is 15.7. The molecule has 5 aromatic rings. The first kappa shape index (κ1) is 35.4. The molecule has 1 N–H and O–H groups in total. The van der Waals surface area contributed by atoms with Crippen LogP contribution in [0, 0.1) is 5.92 Å². The van der Waals surface area contributed by atoms with Gasteiger partial charge in [0.25, 0.3) is 11.8 Å². The maximum atomic E-state index is 13.6. The SMILES string of the molecule is Br.CC(C)Cc1ccc(CN2CCN(C(=O)c3cc4ccc(Oc5ccc(NC(=O)c6ccc(Cl)c(Cl)c6)cn5)cc4n3C)CC2)cc1. The van der Waals surface area contributed by atoms with E-state index in [1.165, 1.54) is 23.4 Å². The van der Waals surface area contributed by atoms with Crippen LogP contribution in [0.4, 0.5) is 5.69 Å². The number of halogens is 3. The Morgan fingerprint density at radius 2 is 1.60 bits per heavy atom. The summed E-state index contributed by atoms with van der Waals surface area (Å²) in [7, 11) is 1.90. The molecule has 0 saturated carbocycles. The van der Waals surface area contributed by atoms with Gasteiger partial charge in [-0.1, -0.05) is 61.3 Å². The second kappa shape index (κ2) is 15.6. The van der Waals surface area contributed by atoms with Gasteiger partial charge in [0.2, 0.25) is 5.88 Å². The van der Waals surface area contributed by atoms with Crippen molar-refractivity contribution in [2.45, 2.75) is 26.8 Å². The Balaban J connectivity index is 0.00000451. The van der Waals surface area contributed by atoms with Gasteiger partial charge in [-0.25, -0.2) is 4.98 Å². The number of aromatic nitrogens is 2. The minimum Gasteiger partial charge on any atom is -0.439 e. The zero-order chi connectivity index (χ0) is 33.1. The monoisotopic (exact) mass is 749 g/mol. The normalized spacial score (nSPS) is 13.4. The van der Waals surface area contributed by atoms with Crippen LogP contribution < -0.4 is 10.1 Å². The summed E-state index contributed by atoms with van der Waals surface area (Å²) in [4.78, 5) is 34.9. The van der Waals surface area contributed by atoms with E-state index in [0.29, 0.717) is 57.6 Å². The van der Waals surface area contributed by atoms with Gasteiger partial charge in [0, 0.05) is 62.9 Å². The predicted molar refractivity (Wildman–Crippen MR) is 198 cm³/mol. The fraction of sp³-hybridized carbons (Fsp3) is 0.270. The number of hydrogen-bond acceptors (Lipinski definition) is 5. The van der Waals surface area contributed by atoms with E-state index in [9.17, 15) is 9.59 Å². The van der Waals surface area contributed by atoms with E-state index >= 15 is 0 Å². The minimum atomic E-state index is -0.330. The van der Waals surface area contributed by atoms with E-state index in [1.54, 1.807) is 24.3 Å². The number of amides is 2. The Hall–Kier alpha value is -3.89. The zero-order valence-electron chi connectivity index (χ0n) is 27.1. The van der Waals surface area contributed by atoms with Crippen molar-refractivity contribution >= 4 is 68.6 Å². The van der Waals surface area contributed by atoms with Gasteiger partial charge >= 0.3 is 0 Å². The van der Waals surface area contributed by atoms with E-state index in [2.05, 4.69) is 53.3 Å². The quantitative estimate of drug-likeness (QED) is 0.163. The first-order valence-corrected chi connectivity index (χ1v) is 16.5. The number of aryl methyl sites for hydroxylation is 1. The number of nitrogens with zero attached hydrogens (tertiary/aromatic N) is 4. The summed E-state index contributed by atoms with van der Waals surface area (Å²) in [5.74, 6) is 1.30. The molecule has 1 saturated heterocycles. The molecule has 48 heavy (non-hydrogen) atoms. The van der Waals surface area contributed by atoms with Crippen molar-refractivity contribution in [1.82, 2.24) is 19.4 Å². The lowest BCUT2D eigenvalue weighted by atomic mass is 10.0. The molecule has 0 atom stereocenters. The maximum absolute atomic E-state index is 13.6. The van der Waals surface area contributed by atoms with Crippen molar-refractivity contribution in [1.29, 1.82) is 0 Å². The smallest absolute Gasteiger partial charge is 0.270 e. The van der Waals surface area contributed by atoms with Gasteiger partial charge in [0.15, 0.2) is 0 Å². The standard InChI is InChI=1S/C37H37Cl2N5O3.BrH/c1-24(2)18-25-4-6-26(7-5-25)23-43-14-16-44(17-15-43)37(46)34-20-27-8-11-30(21-33(27)42(34)3)47-35-13-10-29(22-40-35)41-36(45)28-9-12-31(38)32(39)19-28;/h4-13,19-22,24H,14-18,23H2,1-3H3,(H,41,45);1H. The molecule has 0 aliphatic carbocycles. The summed E-state index contributed by atoms with van der Waals surface area (Å²) in [6, 6.07) is 24.6. The number of carbonyl (C=O) groups excluding carboxylic acids is 2. The number of carbonyl (C=O) groups is 2. The van der Waals surface area contributed by atoms with Crippen LogP contribution in [0.3, 0.4) is 0 Å². The van der Waals surface area contributed by atoms with Crippen LogP contribution in [0.1, 0.15) is 45.8 Å².